The van der Waals surface area contributed by atoms with Crippen molar-refractivity contribution in [1.29, 1.82) is 0 Å². The second-order valence-corrected chi connectivity index (χ2v) is 5.73. The Balaban J connectivity index is 2.28. The van der Waals surface area contributed by atoms with Gasteiger partial charge in [-0.1, -0.05) is 43.1 Å². The van der Waals surface area contributed by atoms with E-state index in [0.29, 0.717) is 17.8 Å². The van der Waals surface area contributed by atoms with Crippen molar-refractivity contribution in [3.05, 3.63) is 34.8 Å². The highest BCUT2D eigenvalue weighted by atomic mass is 16.2. The molecule has 18 heavy (non-hydrogen) atoms. The van der Waals surface area contributed by atoms with E-state index in [0.717, 1.165) is 31.3 Å². The highest BCUT2D eigenvalue weighted by molar-refractivity contribution is 6.36. The van der Waals surface area contributed by atoms with Gasteiger partial charge in [-0.25, -0.2) is 0 Å². The van der Waals surface area contributed by atoms with E-state index in [2.05, 4.69) is 32.1 Å². The molecule has 97 valence electrons. The molecule has 0 spiro atoms. The summed E-state index contributed by atoms with van der Waals surface area (Å²) in [5.74, 6) is 1.84. The number of hydrogen-bond acceptors (Lipinski definition) is 2. The van der Waals surface area contributed by atoms with E-state index in [1.807, 2.05) is 0 Å². The third kappa shape index (κ3) is 2.78. The summed E-state index contributed by atoms with van der Waals surface area (Å²) in [6.07, 6.45) is 9.70. The lowest BCUT2D eigenvalue weighted by Crippen LogP contribution is -2.21. The number of allylic oxidation sites excluding steroid dienone is 5. The van der Waals surface area contributed by atoms with Crippen LogP contribution in [0.2, 0.25) is 0 Å². The molecule has 2 rings (SSSR count). The van der Waals surface area contributed by atoms with Gasteiger partial charge in [-0.05, 0) is 49.1 Å². The molecule has 0 amide bonds. The van der Waals surface area contributed by atoms with Crippen molar-refractivity contribution in [3.8, 4) is 0 Å². The van der Waals surface area contributed by atoms with E-state index in [1.54, 1.807) is 0 Å². The zero-order valence-electron chi connectivity index (χ0n) is 11.4. The molecule has 0 aromatic heterocycles. The van der Waals surface area contributed by atoms with Gasteiger partial charge in [0, 0.05) is 0 Å². The fourth-order valence-corrected chi connectivity index (χ4v) is 3.14. The molecule has 3 N–H and O–H groups in total. The zero-order chi connectivity index (χ0) is 13.1. The molecule has 2 aliphatic carbocycles. The maximum Gasteiger partial charge on any atom is 0.322 e. The summed E-state index contributed by atoms with van der Waals surface area (Å²) in [6.45, 7) is 5.35. The summed E-state index contributed by atoms with van der Waals surface area (Å²) in [7, 11) is 1.27. The van der Waals surface area contributed by atoms with Crippen LogP contribution < -0.4 is 5.73 Å². The SMILES string of the molecule is CC1CC([B]O)=CC2=CC=C(CCN)CC2C1C. The van der Waals surface area contributed by atoms with Crippen molar-refractivity contribution in [1.82, 2.24) is 0 Å². The van der Waals surface area contributed by atoms with Gasteiger partial charge in [-0.15, -0.1) is 0 Å². The van der Waals surface area contributed by atoms with Crippen molar-refractivity contribution < 1.29 is 5.02 Å². The number of hydrogen-bond donors (Lipinski definition) is 2. The van der Waals surface area contributed by atoms with Gasteiger partial charge in [0.25, 0.3) is 0 Å². The van der Waals surface area contributed by atoms with Gasteiger partial charge >= 0.3 is 7.48 Å². The Labute approximate surface area is 111 Å². The Bertz CT molecular complexity index is 397. The van der Waals surface area contributed by atoms with Gasteiger partial charge in [0.1, 0.15) is 0 Å². The van der Waals surface area contributed by atoms with Crippen LogP contribution in [0.5, 0.6) is 0 Å². The molecule has 0 fully saturated rings. The number of nitrogens with two attached hydrogens (primary N) is 1. The fourth-order valence-electron chi connectivity index (χ4n) is 3.14. The van der Waals surface area contributed by atoms with Crippen molar-refractivity contribution in [2.45, 2.75) is 33.1 Å². The van der Waals surface area contributed by atoms with Crippen molar-refractivity contribution in [2.24, 2.45) is 23.5 Å². The third-order valence-corrected chi connectivity index (χ3v) is 4.49. The van der Waals surface area contributed by atoms with Crippen LogP contribution in [-0.4, -0.2) is 19.1 Å². The molecular weight excluding hydrogens is 221 g/mol. The molecular formula is C15H23BNO. The van der Waals surface area contributed by atoms with Crippen LogP contribution in [0.1, 0.15) is 33.1 Å². The van der Waals surface area contributed by atoms with Crippen LogP contribution in [0.3, 0.4) is 0 Å². The second kappa shape index (κ2) is 5.90. The molecule has 0 saturated heterocycles. The molecule has 0 saturated carbocycles. The smallest absolute Gasteiger partial charge is 0.322 e. The summed E-state index contributed by atoms with van der Waals surface area (Å²) in [4.78, 5) is 0. The molecule has 1 radical (unpaired) electrons. The first-order chi connectivity index (χ1) is 8.65. The van der Waals surface area contributed by atoms with Gasteiger partial charge in [0.05, 0.1) is 0 Å². The quantitative estimate of drug-likeness (QED) is 0.749. The topological polar surface area (TPSA) is 46.2 Å². The van der Waals surface area contributed by atoms with Gasteiger partial charge in [0.2, 0.25) is 0 Å². The Morgan fingerprint density at radius 3 is 2.78 bits per heavy atom. The third-order valence-electron chi connectivity index (χ3n) is 4.49. The van der Waals surface area contributed by atoms with E-state index in [4.69, 9.17) is 5.73 Å². The molecule has 2 aliphatic rings. The average Bonchev–Trinajstić information content (AvgIpc) is 2.49. The zero-order valence-corrected chi connectivity index (χ0v) is 11.4. The predicted molar refractivity (Wildman–Crippen MR) is 76.9 cm³/mol. The van der Waals surface area contributed by atoms with Crippen LogP contribution >= 0.6 is 0 Å². The van der Waals surface area contributed by atoms with E-state index in [1.165, 1.54) is 18.6 Å². The lowest BCUT2D eigenvalue weighted by atomic mass is 9.74. The average molecular weight is 244 g/mol. The Kier molecular flexibility index (Phi) is 4.47. The van der Waals surface area contributed by atoms with Crippen molar-refractivity contribution in [3.63, 3.8) is 0 Å². The van der Waals surface area contributed by atoms with E-state index in [9.17, 15) is 5.02 Å². The summed E-state index contributed by atoms with van der Waals surface area (Å²) in [5, 5.41) is 9.29. The minimum atomic E-state index is 0.587. The second-order valence-electron chi connectivity index (χ2n) is 5.73. The predicted octanol–water partition coefficient (Wildman–Crippen LogP) is 2.38. The Morgan fingerprint density at radius 2 is 2.11 bits per heavy atom. The number of fused-ring (bicyclic) bond motifs is 1. The number of rotatable bonds is 3. The Morgan fingerprint density at radius 1 is 1.33 bits per heavy atom. The minimum Gasteiger partial charge on any atom is -0.450 e. The summed E-state index contributed by atoms with van der Waals surface area (Å²) >= 11 is 0. The van der Waals surface area contributed by atoms with Gasteiger partial charge in [-0.3, -0.25) is 0 Å². The highest BCUT2D eigenvalue weighted by Crippen LogP contribution is 2.41. The minimum absolute atomic E-state index is 0.587. The monoisotopic (exact) mass is 244 g/mol. The molecule has 0 aromatic rings. The maximum absolute atomic E-state index is 9.29. The fraction of sp³-hybridized carbons (Fsp3) is 0.600. The highest BCUT2D eigenvalue weighted by Gasteiger charge is 2.30. The largest absolute Gasteiger partial charge is 0.450 e. The van der Waals surface area contributed by atoms with Crippen molar-refractivity contribution in [2.75, 3.05) is 6.54 Å². The van der Waals surface area contributed by atoms with Gasteiger partial charge in [0.15, 0.2) is 0 Å². The lowest BCUT2D eigenvalue weighted by Gasteiger charge is -2.30. The molecule has 3 heteroatoms. The molecule has 0 aromatic carbocycles. The Hall–Kier alpha value is -0.795. The van der Waals surface area contributed by atoms with E-state index >= 15 is 0 Å². The first-order valence-corrected chi connectivity index (χ1v) is 6.93. The molecule has 0 bridgehead atoms. The maximum atomic E-state index is 9.29. The normalized spacial score (nSPS) is 31.8. The van der Waals surface area contributed by atoms with Crippen LogP contribution in [0, 0.1) is 17.8 Å². The molecule has 0 aliphatic heterocycles. The molecule has 0 heterocycles. The van der Waals surface area contributed by atoms with Gasteiger partial charge < -0.3 is 10.8 Å². The van der Waals surface area contributed by atoms with Crippen molar-refractivity contribution >= 4 is 7.48 Å². The van der Waals surface area contributed by atoms with Crippen LogP contribution in [0.25, 0.3) is 0 Å². The first kappa shape index (κ1) is 13.6. The van der Waals surface area contributed by atoms with Gasteiger partial charge in [-0.2, -0.15) is 0 Å². The summed E-state index contributed by atoms with van der Waals surface area (Å²) in [6, 6.07) is 0. The van der Waals surface area contributed by atoms with E-state index in [-0.39, 0.29) is 0 Å². The molecule has 2 nitrogen and oxygen atoms in total. The van der Waals surface area contributed by atoms with E-state index < -0.39 is 0 Å². The van der Waals surface area contributed by atoms with Crippen LogP contribution in [0.4, 0.5) is 0 Å². The van der Waals surface area contributed by atoms with Crippen LogP contribution in [0.15, 0.2) is 34.8 Å². The standard InChI is InChI=1S/C15H23BNO/c1-10-7-14(16-18)9-13-4-3-12(5-6-17)8-15(13)11(10)2/h3-4,9-11,15,18H,5-8,17H2,1-2H3. The first-order valence-electron chi connectivity index (χ1n) is 6.93. The summed E-state index contributed by atoms with van der Waals surface area (Å²) in [5.41, 5.74) is 9.54. The lowest BCUT2D eigenvalue weighted by molar-refractivity contribution is 0.297. The van der Waals surface area contributed by atoms with Crippen LogP contribution in [-0.2, 0) is 0 Å². The summed E-state index contributed by atoms with van der Waals surface area (Å²) < 4.78 is 0. The molecule has 3 unspecified atom stereocenters. The molecule has 3 atom stereocenters.